The van der Waals surface area contributed by atoms with Crippen LogP contribution in [0.25, 0.3) is 11.3 Å². The lowest BCUT2D eigenvalue weighted by Gasteiger charge is -2.11. The summed E-state index contributed by atoms with van der Waals surface area (Å²) in [6.45, 7) is 4.63. The number of nitrogens with two attached hydrogens (primary N) is 1. The Hall–Kier alpha value is -1.94. The van der Waals surface area contributed by atoms with Crippen molar-refractivity contribution in [1.29, 1.82) is 0 Å². The lowest BCUT2D eigenvalue weighted by Crippen LogP contribution is -2.22. The molecule has 0 radical (unpaired) electrons. The molecule has 0 bridgehead atoms. The normalized spacial score (nSPS) is 15.9. The molecule has 1 aromatic heterocycles. The Morgan fingerprint density at radius 2 is 1.90 bits per heavy atom. The highest BCUT2D eigenvalue weighted by Gasteiger charge is 2.43. The fourth-order valence-electron chi connectivity index (χ4n) is 2.19. The van der Waals surface area contributed by atoms with Gasteiger partial charge in [-0.05, 0) is 57.0 Å². The van der Waals surface area contributed by atoms with E-state index in [-0.39, 0.29) is 5.54 Å². The summed E-state index contributed by atoms with van der Waals surface area (Å²) < 4.78 is 5.46. The molecule has 4 nitrogen and oxygen atoms in total. The van der Waals surface area contributed by atoms with Crippen LogP contribution in [0.4, 0.5) is 0 Å². The van der Waals surface area contributed by atoms with Crippen molar-refractivity contribution in [2.75, 3.05) is 6.61 Å². The van der Waals surface area contributed by atoms with Crippen LogP contribution in [-0.4, -0.2) is 16.6 Å². The van der Waals surface area contributed by atoms with E-state index in [9.17, 15) is 0 Å². The molecule has 0 spiro atoms. The quantitative estimate of drug-likeness (QED) is 0.927. The summed E-state index contributed by atoms with van der Waals surface area (Å²) in [6, 6.07) is 9.96. The van der Waals surface area contributed by atoms with Gasteiger partial charge >= 0.3 is 0 Å². The van der Waals surface area contributed by atoms with Gasteiger partial charge in [0.15, 0.2) is 0 Å². The number of aryl methyl sites for hydroxylation is 1. The molecule has 0 aliphatic heterocycles. The first-order chi connectivity index (χ1) is 9.60. The highest BCUT2D eigenvalue weighted by atomic mass is 16.5. The number of nitrogens with zero attached hydrogens (tertiary/aromatic N) is 2. The van der Waals surface area contributed by atoms with Crippen molar-refractivity contribution in [3.8, 4) is 17.0 Å². The molecule has 0 saturated heterocycles. The summed E-state index contributed by atoms with van der Waals surface area (Å²) in [5, 5.41) is 0. The average molecular weight is 269 g/mol. The zero-order valence-corrected chi connectivity index (χ0v) is 11.9. The molecule has 1 saturated carbocycles. The maximum Gasteiger partial charge on any atom is 0.149 e. The van der Waals surface area contributed by atoms with E-state index in [1.807, 2.05) is 44.2 Å². The summed E-state index contributed by atoms with van der Waals surface area (Å²) in [6.07, 6.45) is 1.94. The van der Waals surface area contributed by atoms with Crippen LogP contribution in [0.2, 0.25) is 0 Å². The largest absolute Gasteiger partial charge is 0.494 e. The third-order valence-corrected chi connectivity index (χ3v) is 3.55. The van der Waals surface area contributed by atoms with Crippen molar-refractivity contribution in [3.05, 3.63) is 41.9 Å². The van der Waals surface area contributed by atoms with Crippen LogP contribution in [0.1, 0.15) is 31.3 Å². The first kappa shape index (κ1) is 13.1. The third kappa shape index (κ3) is 2.51. The van der Waals surface area contributed by atoms with E-state index in [1.54, 1.807) is 0 Å². The van der Waals surface area contributed by atoms with Crippen LogP contribution in [0.5, 0.6) is 5.75 Å². The molecule has 104 valence electrons. The molecule has 3 rings (SSSR count). The van der Waals surface area contributed by atoms with Crippen molar-refractivity contribution in [2.24, 2.45) is 5.73 Å². The zero-order chi connectivity index (χ0) is 14.2. The van der Waals surface area contributed by atoms with Gasteiger partial charge < -0.3 is 10.5 Å². The Labute approximate surface area is 119 Å². The predicted octanol–water partition coefficient (Wildman–Crippen LogP) is 2.80. The van der Waals surface area contributed by atoms with Gasteiger partial charge in [0.05, 0.1) is 17.8 Å². The monoisotopic (exact) mass is 269 g/mol. The van der Waals surface area contributed by atoms with Crippen LogP contribution in [0, 0.1) is 6.92 Å². The number of aromatic nitrogens is 2. The van der Waals surface area contributed by atoms with Gasteiger partial charge in [-0.1, -0.05) is 0 Å². The SMILES string of the molecule is CCOc1ccc(-c2cc(C)nc(C3(N)CC3)n2)cc1. The summed E-state index contributed by atoms with van der Waals surface area (Å²) >= 11 is 0. The molecular formula is C16H19N3O. The van der Waals surface area contributed by atoms with Gasteiger partial charge in [0.25, 0.3) is 0 Å². The van der Waals surface area contributed by atoms with E-state index in [1.165, 1.54) is 0 Å². The first-order valence-corrected chi connectivity index (χ1v) is 6.99. The van der Waals surface area contributed by atoms with E-state index in [0.717, 1.165) is 41.4 Å². The van der Waals surface area contributed by atoms with E-state index >= 15 is 0 Å². The van der Waals surface area contributed by atoms with Gasteiger partial charge in [0, 0.05) is 11.3 Å². The summed E-state index contributed by atoms with van der Waals surface area (Å²) in [7, 11) is 0. The molecule has 0 atom stereocenters. The second-order valence-electron chi connectivity index (χ2n) is 5.33. The van der Waals surface area contributed by atoms with Gasteiger partial charge in [0.2, 0.25) is 0 Å². The minimum absolute atomic E-state index is 0.300. The van der Waals surface area contributed by atoms with E-state index < -0.39 is 0 Å². The molecule has 1 aliphatic rings. The Morgan fingerprint density at radius 1 is 1.20 bits per heavy atom. The van der Waals surface area contributed by atoms with Gasteiger partial charge in [-0.15, -0.1) is 0 Å². The van der Waals surface area contributed by atoms with Crippen molar-refractivity contribution in [2.45, 2.75) is 32.2 Å². The second kappa shape index (κ2) is 4.87. The first-order valence-electron chi connectivity index (χ1n) is 6.99. The van der Waals surface area contributed by atoms with E-state index in [2.05, 4.69) is 9.97 Å². The number of hydrogen-bond donors (Lipinski definition) is 1. The second-order valence-corrected chi connectivity index (χ2v) is 5.33. The van der Waals surface area contributed by atoms with Crippen molar-refractivity contribution in [3.63, 3.8) is 0 Å². The highest BCUT2D eigenvalue weighted by Crippen LogP contribution is 2.41. The van der Waals surface area contributed by atoms with E-state index in [4.69, 9.17) is 10.5 Å². The smallest absolute Gasteiger partial charge is 0.149 e. The molecule has 20 heavy (non-hydrogen) atoms. The molecule has 0 unspecified atom stereocenters. The molecule has 1 heterocycles. The Bertz CT molecular complexity index is 618. The van der Waals surface area contributed by atoms with Crippen molar-refractivity contribution >= 4 is 0 Å². The van der Waals surface area contributed by atoms with Gasteiger partial charge in [-0.3, -0.25) is 0 Å². The Balaban J connectivity index is 1.95. The van der Waals surface area contributed by atoms with Crippen LogP contribution >= 0.6 is 0 Å². The number of benzene rings is 1. The van der Waals surface area contributed by atoms with E-state index in [0.29, 0.717) is 6.61 Å². The standard InChI is InChI=1S/C16H19N3O/c1-3-20-13-6-4-12(5-7-13)14-10-11(2)18-15(19-14)16(17)8-9-16/h4-7,10H,3,8-9,17H2,1-2H3. The van der Waals surface area contributed by atoms with Crippen LogP contribution in [0.15, 0.2) is 30.3 Å². The molecule has 1 fully saturated rings. The van der Waals surface area contributed by atoms with Gasteiger partial charge in [-0.25, -0.2) is 9.97 Å². The summed E-state index contributed by atoms with van der Waals surface area (Å²) in [4.78, 5) is 9.12. The Morgan fingerprint density at radius 3 is 2.50 bits per heavy atom. The zero-order valence-electron chi connectivity index (χ0n) is 11.9. The number of ether oxygens (including phenoxy) is 1. The molecule has 4 heteroatoms. The van der Waals surface area contributed by atoms with Crippen LogP contribution < -0.4 is 10.5 Å². The fourth-order valence-corrected chi connectivity index (χ4v) is 2.19. The molecule has 2 N–H and O–H groups in total. The van der Waals surface area contributed by atoms with Crippen molar-refractivity contribution in [1.82, 2.24) is 9.97 Å². The van der Waals surface area contributed by atoms with Crippen molar-refractivity contribution < 1.29 is 4.74 Å². The molecule has 0 amide bonds. The van der Waals surface area contributed by atoms with Crippen LogP contribution in [0.3, 0.4) is 0 Å². The maximum atomic E-state index is 6.20. The number of hydrogen-bond acceptors (Lipinski definition) is 4. The third-order valence-electron chi connectivity index (χ3n) is 3.55. The Kier molecular flexibility index (Phi) is 3.18. The number of rotatable bonds is 4. The molecule has 2 aromatic rings. The van der Waals surface area contributed by atoms with Gasteiger partial charge in [-0.2, -0.15) is 0 Å². The van der Waals surface area contributed by atoms with Gasteiger partial charge in [0.1, 0.15) is 11.6 Å². The minimum Gasteiger partial charge on any atom is -0.494 e. The predicted molar refractivity (Wildman–Crippen MR) is 78.5 cm³/mol. The lowest BCUT2D eigenvalue weighted by atomic mass is 10.1. The lowest BCUT2D eigenvalue weighted by molar-refractivity contribution is 0.340. The average Bonchev–Trinajstić information content (AvgIpc) is 3.19. The topological polar surface area (TPSA) is 61.0 Å². The summed E-state index contributed by atoms with van der Waals surface area (Å²) in [5.41, 5.74) is 8.84. The van der Waals surface area contributed by atoms with Crippen LogP contribution in [-0.2, 0) is 5.54 Å². The summed E-state index contributed by atoms with van der Waals surface area (Å²) in [5.74, 6) is 1.64. The molecule has 1 aliphatic carbocycles. The molecule has 1 aromatic carbocycles. The minimum atomic E-state index is -0.300. The molecular weight excluding hydrogens is 250 g/mol. The fraction of sp³-hybridized carbons (Fsp3) is 0.375. The highest BCUT2D eigenvalue weighted by molar-refractivity contribution is 5.60. The maximum absolute atomic E-state index is 6.20.